The van der Waals surface area contributed by atoms with E-state index in [9.17, 15) is 19.5 Å². The van der Waals surface area contributed by atoms with Gasteiger partial charge in [0, 0.05) is 28.7 Å². The fourth-order valence-electron chi connectivity index (χ4n) is 5.47. The van der Waals surface area contributed by atoms with E-state index < -0.39 is 11.7 Å². The molecule has 3 fully saturated rings. The highest BCUT2D eigenvalue weighted by Crippen LogP contribution is 2.53. The van der Waals surface area contributed by atoms with Crippen LogP contribution in [-0.4, -0.2) is 46.2 Å². The molecule has 3 saturated carbocycles. The molecule has 4 aliphatic carbocycles. The normalized spacial score (nSPS) is 29.3. The van der Waals surface area contributed by atoms with Crippen LogP contribution < -0.4 is 0 Å². The molecule has 5 rings (SSSR count). The van der Waals surface area contributed by atoms with Crippen molar-refractivity contribution >= 4 is 17.7 Å². The third-order valence-corrected chi connectivity index (χ3v) is 6.75. The van der Waals surface area contributed by atoms with Crippen LogP contribution in [-0.2, 0) is 19.1 Å². The first kappa shape index (κ1) is 20.6. The molecule has 0 saturated heterocycles. The number of ketones is 1. The van der Waals surface area contributed by atoms with Gasteiger partial charge in [-0.25, -0.2) is 9.59 Å². The fourth-order valence-corrected chi connectivity index (χ4v) is 5.47. The molecule has 0 spiro atoms. The lowest BCUT2D eigenvalue weighted by molar-refractivity contribution is -0.142. The molecular formula is C22H28N2O6. The minimum atomic E-state index is -0.770. The molecule has 0 radical (unpaired) electrons. The average molecular weight is 416 g/mol. The zero-order valence-corrected chi connectivity index (χ0v) is 17.4. The van der Waals surface area contributed by atoms with Gasteiger partial charge >= 0.3 is 11.9 Å². The standard InChI is InChI=1S/C11H14N2O2.C11H14O4/c1-2-15-11(14)10-8-6-3-4-7(5-6)9(8)12-13-10;1-2-15-11(14)10(13)8-6-3-4-7(5-6)9(8)12/h6-7H,2-5H2,1H3,(H,12,13);6-7,13H,2-5H2,1H3/b;10-8+. The van der Waals surface area contributed by atoms with Crippen molar-refractivity contribution in [2.24, 2.45) is 11.8 Å². The second kappa shape index (κ2) is 8.24. The van der Waals surface area contributed by atoms with Crippen LogP contribution in [0.5, 0.6) is 0 Å². The van der Waals surface area contributed by atoms with Crippen molar-refractivity contribution in [3.05, 3.63) is 28.3 Å². The van der Waals surface area contributed by atoms with E-state index in [1.165, 1.54) is 25.0 Å². The van der Waals surface area contributed by atoms with Gasteiger partial charge in [-0.1, -0.05) is 0 Å². The van der Waals surface area contributed by atoms with E-state index in [0.29, 0.717) is 29.7 Å². The number of carbonyl (C=O) groups excluding carboxylic acids is 3. The molecule has 0 aromatic carbocycles. The van der Waals surface area contributed by atoms with Crippen molar-refractivity contribution in [1.29, 1.82) is 0 Å². The molecule has 4 aliphatic rings. The molecule has 0 amide bonds. The fraction of sp³-hybridized carbons (Fsp3) is 0.636. The maximum Gasteiger partial charge on any atom is 0.373 e. The molecule has 4 unspecified atom stereocenters. The smallest absolute Gasteiger partial charge is 0.373 e. The Balaban J connectivity index is 0.000000145. The van der Waals surface area contributed by atoms with E-state index in [4.69, 9.17) is 4.74 Å². The summed E-state index contributed by atoms with van der Waals surface area (Å²) in [6, 6.07) is 0. The highest BCUT2D eigenvalue weighted by molar-refractivity contribution is 6.06. The van der Waals surface area contributed by atoms with Gasteiger partial charge in [0.05, 0.1) is 13.2 Å². The van der Waals surface area contributed by atoms with E-state index in [1.807, 2.05) is 6.92 Å². The number of H-pyrrole nitrogens is 1. The highest BCUT2D eigenvalue weighted by atomic mass is 16.5. The van der Waals surface area contributed by atoms with Crippen molar-refractivity contribution in [2.75, 3.05) is 13.2 Å². The van der Waals surface area contributed by atoms with Crippen molar-refractivity contribution in [3.63, 3.8) is 0 Å². The number of aromatic nitrogens is 2. The maximum atomic E-state index is 11.7. The Labute approximate surface area is 175 Å². The maximum absolute atomic E-state index is 11.7. The number of esters is 2. The van der Waals surface area contributed by atoms with Gasteiger partial charge < -0.3 is 14.6 Å². The molecular weight excluding hydrogens is 388 g/mol. The van der Waals surface area contributed by atoms with Crippen LogP contribution in [0.2, 0.25) is 0 Å². The van der Waals surface area contributed by atoms with Crippen LogP contribution in [0.15, 0.2) is 11.3 Å². The van der Waals surface area contributed by atoms with Crippen LogP contribution >= 0.6 is 0 Å². The number of hydrogen-bond donors (Lipinski definition) is 2. The third kappa shape index (κ3) is 3.42. The first-order valence-corrected chi connectivity index (χ1v) is 10.9. The van der Waals surface area contributed by atoms with Crippen LogP contribution in [0.1, 0.15) is 86.0 Å². The van der Waals surface area contributed by atoms with Gasteiger partial charge in [0.25, 0.3) is 0 Å². The van der Waals surface area contributed by atoms with Crippen molar-refractivity contribution in [1.82, 2.24) is 10.2 Å². The first-order chi connectivity index (χ1) is 14.5. The highest BCUT2D eigenvalue weighted by Gasteiger charge is 2.46. The van der Waals surface area contributed by atoms with Crippen molar-refractivity contribution < 1.29 is 29.0 Å². The summed E-state index contributed by atoms with van der Waals surface area (Å²) in [5.74, 6) is -0.306. The first-order valence-electron chi connectivity index (χ1n) is 10.9. The molecule has 1 aromatic rings. The minimum absolute atomic E-state index is 0.0292. The van der Waals surface area contributed by atoms with E-state index in [1.54, 1.807) is 6.92 Å². The number of aliphatic hydroxyl groups excluding tert-OH is 1. The molecule has 4 atom stereocenters. The number of fused-ring (bicyclic) bond motifs is 7. The van der Waals surface area contributed by atoms with Crippen LogP contribution in [0.4, 0.5) is 0 Å². The largest absolute Gasteiger partial charge is 0.502 e. The predicted octanol–water partition coefficient (Wildman–Crippen LogP) is 3.31. The SMILES string of the molecule is CCOC(=O)/C(O)=C1\C(=O)C2CCC1C2.CCOC(=O)c1n[nH]c2c1C1CCC2C1. The lowest BCUT2D eigenvalue weighted by Crippen LogP contribution is -2.19. The molecule has 1 heterocycles. The summed E-state index contributed by atoms with van der Waals surface area (Å²) < 4.78 is 9.67. The quantitative estimate of drug-likeness (QED) is 0.439. The number of allylic oxidation sites excluding steroid dienone is 1. The molecule has 1 aromatic heterocycles. The Morgan fingerprint density at radius 3 is 2.30 bits per heavy atom. The molecule has 0 aliphatic heterocycles. The van der Waals surface area contributed by atoms with E-state index >= 15 is 0 Å². The monoisotopic (exact) mass is 416 g/mol. The minimum Gasteiger partial charge on any atom is -0.502 e. The van der Waals surface area contributed by atoms with Crippen LogP contribution in [0, 0.1) is 11.8 Å². The zero-order chi connectivity index (χ0) is 21.4. The molecule has 162 valence electrons. The summed E-state index contributed by atoms with van der Waals surface area (Å²) in [4.78, 5) is 34.6. The van der Waals surface area contributed by atoms with Crippen molar-refractivity contribution in [3.8, 4) is 0 Å². The summed E-state index contributed by atoms with van der Waals surface area (Å²) in [6.45, 7) is 4.10. The molecule has 2 N–H and O–H groups in total. The Bertz CT molecular complexity index is 901. The third-order valence-electron chi connectivity index (χ3n) is 6.75. The van der Waals surface area contributed by atoms with Crippen LogP contribution in [0.3, 0.4) is 0 Å². The Morgan fingerprint density at radius 1 is 1.00 bits per heavy atom. The number of nitrogens with zero attached hydrogens (tertiary/aromatic N) is 1. The van der Waals surface area contributed by atoms with Gasteiger partial charge in [-0.15, -0.1) is 0 Å². The second-order valence-corrected chi connectivity index (χ2v) is 8.38. The predicted molar refractivity (Wildman–Crippen MR) is 106 cm³/mol. The van der Waals surface area contributed by atoms with E-state index in [0.717, 1.165) is 24.8 Å². The summed E-state index contributed by atoms with van der Waals surface area (Å²) in [6.07, 6.45) is 6.21. The lowest BCUT2D eigenvalue weighted by atomic mass is 9.92. The second-order valence-electron chi connectivity index (χ2n) is 8.38. The average Bonchev–Trinajstić information content (AvgIpc) is 3.53. The van der Waals surface area contributed by atoms with Gasteiger partial charge in [-0.05, 0) is 64.2 Å². The van der Waals surface area contributed by atoms with Gasteiger partial charge in [-0.2, -0.15) is 5.10 Å². The summed E-state index contributed by atoms with van der Waals surface area (Å²) in [7, 11) is 0. The molecule has 8 heteroatoms. The Hall–Kier alpha value is -2.64. The molecule has 8 nitrogen and oxygen atoms in total. The van der Waals surface area contributed by atoms with Gasteiger partial charge in [0.2, 0.25) is 5.76 Å². The van der Waals surface area contributed by atoms with Crippen molar-refractivity contribution in [2.45, 2.75) is 64.2 Å². The summed E-state index contributed by atoms with van der Waals surface area (Å²) >= 11 is 0. The summed E-state index contributed by atoms with van der Waals surface area (Å²) in [5, 5.41) is 16.7. The van der Waals surface area contributed by atoms with Gasteiger partial charge in [-0.3, -0.25) is 9.89 Å². The summed E-state index contributed by atoms with van der Waals surface area (Å²) in [5.41, 5.74) is 3.17. The Kier molecular flexibility index (Phi) is 5.66. The Morgan fingerprint density at radius 2 is 1.63 bits per heavy atom. The number of hydrogen-bond acceptors (Lipinski definition) is 7. The number of Topliss-reactive ketones (excluding diaryl/α,β-unsaturated/α-hetero) is 1. The van der Waals surface area contributed by atoms with Gasteiger partial charge in [0.1, 0.15) is 0 Å². The number of aliphatic hydroxyl groups is 1. The van der Waals surface area contributed by atoms with Crippen LogP contribution in [0.25, 0.3) is 0 Å². The number of ether oxygens (including phenoxy) is 2. The zero-order valence-electron chi connectivity index (χ0n) is 17.4. The number of aromatic amines is 1. The van der Waals surface area contributed by atoms with E-state index in [2.05, 4.69) is 14.9 Å². The molecule has 4 bridgehead atoms. The topological polar surface area (TPSA) is 119 Å². The lowest BCUT2D eigenvalue weighted by Gasteiger charge is -2.13. The van der Waals surface area contributed by atoms with E-state index in [-0.39, 0.29) is 30.2 Å². The van der Waals surface area contributed by atoms with Gasteiger partial charge in [0.15, 0.2) is 11.5 Å². The number of nitrogens with one attached hydrogen (secondary N) is 1. The number of carbonyl (C=O) groups is 3. The number of rotatable bonds is 4. The molecule has 30 heavy (non-hydrogen) atoms.